The van der Waals surface area contributed by atoms with Crippen LogP contribution < -0.4 is 5.32 Å². The van der Waals surface area contributed by atoms with Gasteiger partial charge in [-0.05, 0) is 31.2 Å². The van der Waals surface area contributed by atoms with Crippen LogP contribution in [0.15, 0.2) is 36.4 Å². The molecule has 0 radical (unpaired) electrons. The molecule has 1 N–H and O–H groups in total. The summed E-state index contributed by atoms with van der Waals surface area (Å²) in [5.74, 6) is -0.345. The fraction of sp³-hybridized carbons (Fsp3) is 0.286. The van der Waals surface area contributed by atoms with Crippen molar-refractivity contribution in [1.82, 2.24) is 0 Å². The molecule has 1 amide bonds. The Balaban J connectivity index is 2.21. The van der Waals surface area contributed by atoms with E-state index >= 15 is 0 Å². The Morgan fingerprint density at radius 1 is 1.11 bits per heavy atom. The van der Waals surface area contributed by atoms with E-state index in [-0.39, 0.29) is 19.2 Å². The predicted octanol–water partition coefficient (Wildman–Crippen LogP) is 2.66. The standard InChI is InChI=1S/C14H17NO4/c1-11-5-7-13(8-6-11)15-14(17)19-10-4-3-9-18-12(2)16/h3-8H,9-10H2,1-2H3,(H,15,17)/b4-3-. The first-order valence-corrected chi connectivity index (χ1v) is 5.87. The van der Waals surface area contributed by atoms with E-state index in [1.807, 2.05) is 19.1 Å². The molecule has 1 aromatic carbocycles. The van der Waals surface area contributed by atoms with Crippen molar-refractivity contribution in [1.29, 1.82) is 0 Å². The zero-order chi connectivity index (χ0) is 14.1. The molecule has 0 aromatic heterocycles. The van der Waals surface area contributed by atoms with Gasteiger partial charge in [0.05, 0.1) is 0 Å². The summed E-state index contributed by atoms with van der Waals surface area (Å²) < 4.78 is 9.58. The molecule has 0 aliphatic rings. The van der Waals surface area contributed by atoms with Crippen molar-refractivity contribution < 1.29 is 19.1 Å². The van der Waals surface area contributed by atoms with E-state index in [4.69, 9.17) is 4.74 Å². The molecule has 0 saturated carbocycles. The van der Waals surface area contributed by atoms with Crippen LogP contribution in [-0.4, -0.2) is 25.3 Å². The van der Waals surface area contributed by atoms with Crippen molar-refractivity contribution in [3.05, 3.63) is 42.0 Å². The molecule has 102 valence electrons. The highest BCUT2D eigenvalue weighted by Gasteiger charge is 2.00. The molecule has 1 rings (SSSR count). The average molecular weight is 263 g/mol. The smallest absolute Gasteiger partial charge is 0.411 e. The van der Waals surface area contributed by atoms with Crippen LogP contribution in [0.5, 0.6) is 0 Å². The summed E-state index contributed by atoms with van der Waals surface area (Å²) in [7, 11) is 0. The van der Waals surface area contributed by atoms with Crippen molar-refractivity contribution in [3.63, 3.8) is 0 Å². The Hall–Kier alpha value is -2.30. The van der Waals surface area contributed by atoms with Crippen LogP contribution in [0.3, 0.4) is 0 Å². The number of ether oxygens (including phenoxy) is 2. The van der Waals surface area contributed by atoms with Crippen LogP contribution in [-0.2, 0) is 14.3 Å². The lowest BCUT2D eigenvalue weighted by Crippen LogP contribution is -2.13. The van der Waals surface area contributed by atoms with E-state index in [9.17, 15) is 9.59 Å². The summed E-state index contributed by atoms with van der Waals surface area (Å²) in [5.41, 5.74) is 1.80. The number of nitrogens with one attached hydrogen (secondary N) is 1. The minimum Gasteiger partial charge on any atom is -0.462 e. The van der Waals surface area contributed by atoms with Gasteiger partial charge in [-0.25, -0.2) is 4.79 Å². The third kappa shape index (κ3) is 6.88. The second-order valence-corrected chi connectivity index (χ2v) is 3.86. The number of esters is 1. The van der Waals surface area contributed by atoms with Crippen LogP contribution in [0.1, 0.15) is 12.5 Å². The Kier molecular flexibility index (Phi) is 6.15. The minimum atomic E-state index is -0.527. The second-order valence-electron chi connectivity index (χ2n) is 3.86. The van der Waals surface area contributed by atoms with Crippen molar-refractivity contribution in [2.24, 2.45) is 0 Å². The van der Waals surface area contributed by atoms with E-state index < -0.39 is 6.09 Å². The first-order valence-electron chi connectivity index (χ1n) is 5.87. The molecule has 0 bridgehead atoms. The largest absolute Gasteiger partial charge is 0.462 e. The van der Waals surface area contributed by atoms with Gasteiger partial charge in [0.25, 0.3) is 0 Å². The zero-order valence-corrected chi connectivity index (χ0v) is 11.0. The van der Waals surface area contributed by atoms with Gasteiger partial charge in [0, 0.05) is 12.6 Å². The SMILES string of the molecule is CC(=O)OC/C=C\COC(=O)Nc1ccc(C)cc1. The summed E-state index contributed by atoms with van der Waals surface area (Å²) in [6.45, 7) is 3.60. The normalized spacial score (nSPS) is 10.2. The second kappa shape index (κ2) is 7.92. The minimum absolute atomic E-state index is 0.124. The molecule has 19 heavy (non-hydrogen) atoms. The van der Waals surface area contributed by atoms with Crippen LogP contribution in [0, 0.1) is 6.92 Å². The topological polar surface area (TPSA) is 64.6 Å². The lowest BCUT2D eigenvalue weighted by molar-refractivity contribution is -0.139. The van der Waals surface area contributed by atoms with E-state index in [1.165, 1.54) is 6.92 Å². The summed E-state index contributed by atoms with van der Waals surface area (Å²) in [4.78, 5) is 21.8. The van der Waals surface area contributed by atoms with Crippen LogP contribution in [0.2, 0.25) is 0 Å². The molecule has 1 aromatic rings. The van der Waals surface area contributed by atoms with E-state index in [2.05, 4.69) is 10.1 Å². The van der Waals surface area contributed by atoms with Gasteiger partial charge >= 0.3 is 12.1 Å². The highest BCUT2D eigenvalue weighted by molar-refractivity contribution is 5.84. The molecule has 0 aliphatic heterocycles. The maximum atomic E-state index is 11.4. The van der Waals surface area contributed by atoms with Gasteiger partial charge in [-0.3, -0.25) is 10.1 Å². The first-order chi connectivity index (χ1) is 9.08. The van der Waals surface area contributed by atoms with Crippen LogP contribution in [0.4, 0.5) is 10.5 Å². The average Bonchev–Trinajstić information content (AvgIpc) is 2.36. The van der Waals surface area contributed by atoms with Gasteiger partial charge in [-0.15, -0.1) is 0 Å². The van der Waals surface area contributed by atoms with E-state index in [0.717, 1.165) is 5.56 Å². The highest BCUT2D eigenvalue weighted by atomic mass is 16.5. The zero-order valence-electron chi connectivity index (χ0n) is 11.0. The monoisotopic (exact) mass is 263 g/mol. The fourth-order valence-corrected chi connectivity index (χ4v) is 1.22. The number of aryl methyl sites for hydroxylation is 1. The number of hydrogen-bond donors (Lipinski definition) is 1. The summed E-state index contributed by atoms with van der Waals surface area (Å²) in [6, 6.07) is 7.39. The maximum Gasteiger partial charge on any atom is 0.411 e. The number of anilines is 1. The summed E-state index contributed by atoms with van der Waals surface area (Å²) in [6.07, 6.45) is 2.69. The Bertz CT molecular complexity index is 451. The van der Waals surface area contributed by atoms with Crippen LogP contribution in [0.25, 0.3) is 0 Å². The number of hydrogen-bond acceptors (Lipinski definition) is 4. The molecule has 0 aliphatic carbocycles. The van der Waals surface area contributed by atoms with Crippen LogP contribution >= 0.6 is 0 Å². The van der Waals surface area contributed by atoms with E-state index in [1.54, 1.807) is 24.3 Å². The molecule has 0 fully saturated rings. The van der Waals surface area contributed by atoms with Gasteiger partial charge in [-0.2, -0.15) is 0 Å². The van der Waals surface area contributed by atoms with Crippen molar-refractivity contribution in [3.8, 4) is 0 Å². The van der Waals surface area contributed by atoms with Gasteiger partial charge in [-0.1, -0.05) is 17.7 Å². The van der Waals surface area contributed by atoms with Crippen molar-refractivity contribution in [2.75, 3.05) is 18.5 Å². The number of carbonyl (C=O) groups is 2. The summed E-state index contributed by atoms with van der Waals surface area (Å²) in [5, 5.41) is 2.60. The molecule has 0 saturated heterocycles. The Labute approximate surface area is 112 Å². The lowest BCUT2D eigenvalue weighted by atomic mass is 10.2. The molecule has 0 heterocycles. The molecule has 5 nitrogen and oxygen atoms in total. The Morgan fingerprint density at radius 3 is 2.26 bits per heavy atom. The summed E-state index contributed by atoms with van der Waals surface area (Å²) >= 11 is 0. The molecule has 5 heteroatoms. The molecule has 0 unspecified atom stereocenters. The third-order valence-electron chi connectivity index (χ3n) is 2.16. The number of benzene rings is 1. The maximum absolute atomic E-state index is 11.4. The number of rotatable bonds is 5. The predicted molar refractivity (Wildman–Crippen MR) is 71.9 cm³/mol. The number of carbonyl (C=O) groups excluding carboxylic acids is 2. The molecule has 0 atom stereocenters. The quantitative estimate of drug-likeness (QED) is 0.655. The van der Waals surface area contributed by atoms with Gasteiger partial charge in [0.2, 0.25) is 0 Å². The number of amides is 1. The highest BCUT2D eigenvalue weighted by Crippen LogP contribution is 2.08. The molecule has 0 spiro atoms. The van der Waals surface area contributed by atoms with Crippen molar-refractivity contribution in [2.45, 2.75) is 13.8 Å². The first kappa shape index (κ1) is 14.8. The van der Waals surface area contributed by atoms with Gasteiger partial charge in [0.15, 0.2) is 0 Å². The molecular formula is C14H17NO4. The third-order valence-corrected chi connectivity index (χ3v) is 2.16. The Morgan fingerprint density at radius 2 is 1.68 bits per heavy atom. The van der Waals surface area contributed by atoms with Crippen molar-refractivity contribution >= 4 is 17.7 Å². The van der Waals surface area contributed by atoms with E-state index in [0.29, 0.717) is 5.69 Å². The van der Waals surface area contributed by atoms with Gasteiger partial charge < -0.3 is 9.47 Å². The molecular weight excluding hydrogens is 246 g/mol. The lowest BCUT2D eigenvalue weighted by Gasteiger charge is -2.05. The fourth-order valence-electron chi connectivity index (χ4n) is 1.22. The van der Waals surface area contributed by atoms with Gasteiger partial charge in [0.1, 0.15) is 13.2 Å².